The van der Waals surface area contributed by atoms with E-state index in [0.29, 0.717) is 45.8 Å². The van der Waals surface area contributed by atoms with Gasteiger partial charge < -0.3 is 0 Å². The molecule has 0 bridgehead atoms. The highest BCUT2D eigenvalue weighted by molar-refractivity contribution is 6.35. The zero-order chi connectivity index (χ0) is 50.7. The normalized spacial score (nSPS) is 12.6. The van der Waals surface area contributed by atoms with Crippen LogP contribution in [0, 0.1) is 116 Å². The molecule has 0 amide bonds. The van der Waals surface area contributed by atoms with Gasteiger partial charge in [0.2, 0.25) is 23.3 Å². The zero-order valence-corrected chi connectivity index (χ0v) is 33.6. The molecule has 0 heterocycles. The van der Waals surface area contributed by atoms with E-state index in [4.69, 9.17) is 0 Å². The SMILES string of the molecule is Fc1c(F)c(F)c(C=Cc2cc3c(cc2C=Cc2c(F)c(F)c(F)c(F)c2F)c2cc4c5cc(C=Cc6c(F)c(F)c(F)c(F)c6F)c(C=Cc6c(F)c(F)c(F)c(F)c6F)cc5c4cc32)c(F)c1F. The molecule has 0 aliphatic carbocycles. The maximum absolute atomic E-state index is 14.7. The van der Waals surface area contributed by atoms with Crippen LogP contribution in [-0.4, -0.2) is 0 Å². The van der Waals surface area contributed by atoms with Crippen LogP contribution in [-0.2, 0) is 0 Å². The molecule has 0 spiro atoms. The summed E-state index contributed by atoms with van der Waals surface area (Å²) in [5.74, 6) is -46.4. The molecule has 0 radical (unpaired) electrons. The largest absolute Gasteiger partial charge is 0.203 e. The lowest BCUT2D eigenvalue weighted by molar-refractivity contribution is 0.377. The fraction of sp³-hybridized carbons (Fsp3) is 0. The highest BCUT2D eigenvalue weighted by Crippen LogP contribution is 2.46. The molecule has 0 aromatic heterocycles. The summed E-state index contributed by atoms with van der Waals surface area (Å²) >= 11 is 0. The third kappa shape index (κ3) is 7.09. The van der Waals surface area contributed by atoms with E-state index in [1.807, 2.05) is 0 Å². The Hall–Kier alpha value is -7.90. The van der Waals surface area contributed by atoms with Crippen molar-refractivity contribution in [2.24, 2.45) is 0 Å². The van der Waals surface area contributed by atoms with Crippen molar-refractivity contribution in [3.8, 4) is 0 Å². The van der Waals surface area contributed by atoms with Crippen molar-refractivity contribution >= 4 is 91.7 Å². The van der Waals surface area contributed by atoms with Gasteiger partial charge in [0.25, 0.3) is 0 Å². The molecule has 9 rings (SSSR count). The van der Waals surface area contributed by atoms with Crippen LogP contribution in [0.1, 0.15) is 44.5 Å². The third-order valence-electron chi connectivity index (χ3n) is 11.5. The van der Waals surface area contributed by atoms with E-state index in [1.165, 1.54) is 36.4 Å². The highest BCUT2D eigenvalue weighted by atomic mass is 19.2. The first kappa shape index (κ1) is 47.2. The molecule has 0 saturated carbocycles. The molecule has 0 atom stereocenters. The van der Waals surface area contributed by atoms with Gasteiger partial charge in [-0.05, 0) is 126 Å². The number of hydrogen-bond donors (Lipinski definition) is 0. The van der Waals surface area contributed by atoms with Gasteiger partial charge in [-0.3, -0.25) is 0 Å². The fourth-order valence-corrected chi connectivity index (χ4v) is 7.87. The summed E-state index contributed by atoms with van der Waals surface area (Å²) in [5, 5.41) is 2.61. The number of fused-ring (bicyclic) bond motifs is 8. The maximum atomic E-state index is 14.7. The second kappa shape index (κ2) is 17.0. The first-order valence-electron chi connectivity index (χ1n) is 19.4. The van der Waals surface area contributed by atoms with Gasteiger partial charge in [-0.15, -0.1) is 0 Å². The van der Waals surface area contributed by atoms with Gasteiger partial charge >= 0.3 is 0 Å². The molecular formula is C50H14F20. The third-order valence-corrected chi connectivity index (χ3v) is 11.5. The van der Waals surface area contributed by atoms with Crippen LogP contribution < -0.4 is 0 Å². The lowest BCUT2D eigenvalue weighted by atomic mass is 9.83. The Balaban J connectivity index is 1.24. The Morgan fingerprint density at radius 3 is 0.443 bits per heavy atom. The van der Waals surface area contributed by atoms with E-state index in [-0.39, 0.29) is 43.8 Å². The monoisotopic (exact) mass is 994 g/mol. The predicted octanol–water partition coefficient (Wildman–Crippen LogP) is 16.6. The van der Waals surface area contributed by atoms with Crippen LogP contribution in [0.4, 0.5) is 87.8 Å². The first-order valence-corrected chi connectivity index (χ1v) is 19.4. The molecule has 354 valence electrons. The van der Waals surface area contributed by atoms with E-state index in [2.05, 4.69) is 0 Å². The van der Waals surface area contributed by atoms with Gasteiger partial charge in [0, 0.05) is 0 Å². The average Bonchev–Trinajstić information content (AvgIpc) is 3.34. The Morgan fingerprint density at radius 2 is 0.286 bits per heavy atom. The Morgan fingerprint density at radius 1 is 0.157 bits per heavy atom. The molecule has 0 unspecified atom stereocenters. The van der Waals surface area contributed by atoms with Crippen LogP contribution in [0.25, 0.3) is 91.7 Å². The molecule has 0 N–H and O–H groups in total. The second-order valence-electron chi connectivity index (χ2n) is 15.3. The summed E-state index contributed by atoms with van der Waals surface area (Å²) in [5.41, 5.74) is -6.50. The van der Waals surface area contributed by atoms with E-state index in [1.54, 1.807) is 0 Å². The van der Waals surface area contributed by atoms with Crippen molar-refractivity contribution in [2.75, 3.05) is 0 Å². The van der Waals surface area contributed by atoms with Crippen molar-refractivity contribution in [2.45, 2.75) is 0 Å². The summed E-state index contributed by atoms with van der Waals surface area (Å²) in [7, 11) is 0. The lowest BCUT2D eigenvalue weighted by Crippen LogP contribution is -2.04. The highest BCUT2D eigenvalue weighted by Gasteiger charge is 2.29. The summed E-state index contributed by atoms with van der Waals surface area (Å²) in [6, 6.07) is 8.09. The van der Waals surface area contributed by atoms with E-state index in [0.717, 1.165) is 24.3 Å². The molecule has 20 heteroatoms. The Kier molecular flexibility index (Phi) is 11.4. The number of halogens is 20. The Bertz CT molecular complexity index is 3270. The van der Waals surface area contributed by atoms with Crippen molar-refractivity contribution < 1.29 is 87.8 Å². The van der Waals surface area contributed by atoms with Gasteiger partial charge in [0.15, 0.2) is 93.1 Å². The van der Waals surface area contributed by atoms with Gasteiger partial charge in [-0.2, -0.15) is 0 Å². The molecule has 0 fully saturated rings. The summed E-state index contributed by atoms with van der Waals surface area (Å²) in [6.07, 6.45) is 5.10. The van der Waals surface area contributed by atoms with Crippen LogP contribution in [0.2, 0.25) is 0 Å². The fourth-order valence-electron chi connectivity index (χ4n) is 7.87. The minimum atomic E-state index is -2.48. The van der Waals surface area contributed by atoms with E-state index < -0.39 is 139 Å². The zero-order valence-electron chi connectivity index (χ0n) is 33.6. The molecule has 0 aliphatic rings. The minimum Gasteiger partial charge on any atom is -0.203 e. The van der Waals surface area contributed by atoms with Gasteiger partial charge in [-0.1, -0.05) is 24.3 Å². The standard InChI is InChI=1S/C50H14F20/c51-31-19(32(52)40(60)47(67)39(31)59)5-1-15-9-23-24(10-16(15)2-6-20-33(53)41(61)48(68)42(62)34(20)54)28-14-30-26-12-18(4-8-22-37(57)45(65)50(70)46(66)38(22)58)17(11-25(26)29(30)13-27(23)28)3-7-21-35(55)43(63)49(69)44(64)36(21)56/h1-14H. The van der Waals surface area contributed by atoms with Crippen molar-refractivity contribution in [3.63, 3.8) is 0 Å². The second-order valence-corrected chi connectivity index (χ2v) is 15.3. The predicted molar refractivity (Wildman–Crippen MR) is 219 cm³/mol. The van der Waals surface area contributed by atoms with Gasteiger partial charge in [0.1, 0.15) is 0 Å². The van der Waals surface area contributed by atoms with Crippen molar-refractivity contribution in [3.05, 3.63) is 197 Å². The smallest absolute Gasteiger partial charge is 0.200 e. The molecule has 0 nitrogen and oxygen atoms in total. The van der Waals surface area contributed by atoms with Crippen LogP contribution in [0.5, 0.6) is 0 Å². The van der Waals surface area contributed by atoms with Crippen LogP contribution in [0.3, 0.4) is 0 Å². The van der Waals surface area contributed by atoms with E-state index >= 15 is 0 Å². The first-order chi connectivity index (χ1) is 33.0. The summed E-state index contributed by atoms with van der Waals surface area (Å²) in [4.78, 5) is 0. The van der Waals surface area contributed by atoms with Crippen LogP contribution in [0.15, 0.2) is 36.4 Å². The van der Waals surface area contributed by atoms with Gasteiger partial charge in [-0.25, -0.2) is 87.8 Å². The molecule has 70 heavy (non-hydrogen) atoms. The summed E-state index contributed by atoms with van der Waals surface area (Å²) < 4.78 is 285. The van der Waals surface area contributed by atoms with Crippen molar-refractivity contribution in [1.29, 1.82) is 0 Å². The molecule has 0 saturated heterocycles. The molecule has 9 aromatic rings. The Labute approximate surface area is 376 Å². The maximum Gasteiger partial charge on any atom is 0.200 e. The number of rotatable bonds is 8. The topological polar surface area (TPSA) is 0 Å². The van der Waals surface area contributed by atoms with Gasteiger partial charge in [0.05, 0.1) is 22.3 Å². The van der Waals surface area contributed by atoms with Crippen LogP contribution >= 0.6 is 0 Å². The number of benzene rings is 7. The quantitative estimate of drug-likeness (QED) is 0.0616. The summed E-state index contributed by atoms with van der Waals surface area (Å²) in [6.45, 7) is 0. The molecule has 9 aromatic carbocycles. The molecule has 0 aliphatic heterocycles. The van der Waals surface area contributed by atoms with E-state index in [9.17, 15) is 87.8 Å². The number of hydrogen-bond acceptors (Lipinski definition) is 0. The van der Waals surface area contributed by atoms with Crippen molar-refractivity contribution in [1.82, 2.24) is 0 Å². The lowest BCUT2D eigenvalue weighted by Gasteiger charge is -2.20. The average molecular weight is 995 g/mol. The minimum absolute atomic E-state index is 0.192. The molecular weight excluding hydrogens is 981 g/mol.